The van der Waals surface area contributed by atoms with Gasteiger partial charge in [0.1, 0.15) is 0 Å². The Morgan fingerprint density at radius 2 is 1.95 bits per heavy atom. The van der Waals surface area contributed by atoms with Gasteiger partial charge in [-0.1, -0.05) is 41.6 Å². The maximum Gasteiger partial charge on any atom is 0.338 e. The Balaban J connectivity index is 1.65. The minimum atomic E-state index is -0.419. The number of nitrogens with zero attached hydrogens (tertiary/aromatic N) is 2. The lowest BCUT2D eigenvalue weighted by Crippen LogP contribution is -2.05. The Morgan fingerprint density at radius 3 is 2.73 bits per heavy atom. The van der Waals surface area contributed by atoms with E-state index in [9.17, 15) is 4.79 Å². The molecule has 0 N–H and O–H groups in total. The van der Waals surface area contributed by atoms with Crippen LogP contribution >= 0.6 is 22.6 Å². The van der Waals surface area contributed by atoms with Crippen molar-refractivity contribution in [2.24, 2.45) is 0 Å². The molecule has 3 rings (SSSR count). The number of ether oxygens (including phenoxy) is 1. The summed E-state index contributed by atoms with van der Waals surface area (Å²) in [4.78, 5) is 16.1. The Kier molecular flexibility index (Phi) is 4.47. The molecular formula is C16H11IN2O3. The molecule has 0 bridgehead atoms. The van der Waals surface area contributed by atoms with E-state index in [0.717, 1.165) is 9.13 Å². The van der Waals surface area contributed by atoms with Crippen molar-refractivity contribution < 1.29 is 14.1 Å². The monoisotopic (exact) mass is 406 g/mol. The van der Waals surface area contributed by atoms with Crippen molar-refractivity contribution in [3.8, 4) is 11.4 Å². The summed E-state index contributed by atoms with van der Waals surface area (Å²) in [6.45, 7) is -0.0514. The zero-order valence-electron chi connectivity index (χ0n) is 11.4. The molecule has 0 amide bonds. The first-order valence-electron chi connectivity index (χ1n) is 6.53. The second kappa shape index (κ2) is 6.69. The number of carbonyl (C=O) groups excluding carboxylic acids is 1. The summed E-state index contributed by atoms with van der Waals surface area (Å²) in [6, 6.07) is 16.6. The van der Waals surface area contributed by atoms with Crippen molar-refractivity contribution in [3.63, 3.8) is 0 Å². The predicted octanol–water partition coefficient (Wildman–Crippen LogP) is 3.70. The lowest BCUT2D eigenvalue weighted by molar-refractivity contribution is 0.0429. The zero-order valence-corrected chi connectivity index (χ0v) is 13.6. The normalized spacial score (nSPS) is 10.4. The van der Waals surface area contributed by atoms with Crippen LogP contribution in [0.4, 0.5) is 0 Å². The van der Waals surface area contributed by atoms with Crippen LogP contribution in [0.15, 0.2) is 59.1 Å². The van der Waals surface area contributed by atoms with E-state index in [1.807, 2.05) is 36.4 Å². The summed E-state index contributed by atoms with van der Waals surface area (Å²) in [5.41, 5.74) is 1.34. The fourth-order valence-corrected chi connectivity index (χ4v) is 2.39. The number of hydrogen-bond acceptors (Lipinski definition) is 5. The molecule has 0 aliphatic carbocycles. The number of aromatic nitrogens is 2. The Hall–Kier alpha value is -2.22. The summed E-state index contributed by atoms with van der Waals surface area (Å²) < 4.78 is 11.2. The van der Waals surface area contributed by atoms with Gasteiger partial charge < -0.3 is 9.26 Å². The van der Waals surface area contributed by atoms with Crippen LogP contribution in [0.3, 0.4) is 0 Å². The number of hydrogen-bond donors (Lipinski definition) is 0. The van der Waals surface area contributed by atoms with Crippen LogP contribution in [-0.4, -0.2) is 16.1 Å². The van der Waals surface area contributed by atoms with E-state index >= 15 is 0 Å². The maximum atomic E-state index is 11.9. The third kappa shape index (κ3) is 3.51. The van der Waals surface area contributed by atoms with Crippen molar-refractivity contribution in [2.45, 2.75) is 6.61 Å². The number of benzene rings is 2. The van der Waals surface area contributed by atoms with Gasteiger partial charge in [-0.15, -0.1) is 0 Å². The van der Waals surface area contributed by atoms with Gasteiger partial charge in [-0.25, -0.2) is 4.79 Å². The molecule has 0 unspecified atom stereocenters. The number of esters is 1. The van der Waals surface area contributed by atoms with Gasteiger partial charge in [0.25, 0.3) is 5.89 Å². The van der Waals surface area contributed by atoms with Crippen LogP contribution in [0.5, 0.6) is 0 Å². The van der Waals surface area contributed by atoms with E-state index in [4.69, 9.17) is 9.26 Å². The van der Waals surface area contributed by atoms with Crippen molar-refractivity contribution in [1.82, 2.24) is 10.1 Å². The van der Waals surface area contributed by atoms with Gasteiger partial charge in [0.15, 0.2) is 6.61 Å². The molecule has 2 aromatic carbocycles. The Morgan fingerprint density at radius 1 is 1.14 bits per heavy atom. The van der Waals surface area contributed by atoms with E-state index < -0.39 is 5.97 Å². The number of halogens is 1. The highest BCUT2D eigenvalue weighted by atomic mass is 127. The summed E-state index contributed by atoms with van der Waals surface area (Å²) in [5.74, 6) is 0.316. The Bertz CT molecular complexity index is 787. The molecule has 5 nitrogen and oxygen atoms in total. The molecule has 0 fully saturated rings. The average molecular weight is 406 g/mol. The van der Waals surface area contributed by atoms with Crippen LogP contribution < -0.4 is 0 Å². The van der Waals surface area contributed by atoms with E-state index in [-0.39, 0.29) is 12.5 Å². The molecule has 0 saturated heterocycles. The van der Waals surface area contributed by atoms with Crippen LogP contribution in [0, 0.1) is 3.57 Å². The molecule has 0 spiro atoms. The number of carbonyl (C=O) groups is 1. The molecule has 0 atom stereocenters. The molecule has 6 heteroatoms. The van der Waals surface area contributed by atoms with Gasteiger partial charge in [-0.2, -0.15) is 4.98 Å². The minimum Gasteiger partial charge on any atom is -0.452 e. The largest absolute Gasteiger partial charge is 0.452 e. The van der Waals surface area contributed by atoms with Gasteiger partial charge >= 0.3 is 5.97 Å². The molecule has 1 heterocycles. The third-order valence-corrected chi connectivity index (χ3v) is 3.56. The van der Waals surface area contributed by atoms with E-state index in [1.165, 1.54) is 0 Å². The van der Waals surface area contributed by atoms with E-state index in [0.29, 0.717) is 11.4 Å². The predicted molar refractivity (Wildman–Crippen MR) is 88.0 cm³/mol. The summed E-state index contributed by atoms with van der Waals surface area (Å²) in [7, 11) is 0. The fraction of sp³-hybridized carbons (Fsp3) is 0.0625. The first-order chi connectivity index (χ1) is 10.7. The van der Waals surface area contributed by atoms with E-state index in [2.05, 4.69) is 32.7 Å². The van der Waals surface area contributed by atoms with Gasteiger partial charge in [0, 0.05) is 9.13 Å². The van der Waals surface area contributed by atoms with Gasteiger partial charge in [0.2, 0.25) is 5.82 Å². The lowest BCUT2D eigenvalue weighted by atomic mass is 10.2. The van der Waals surface area contributed by atoms with Gasteiger partial charge in [-0.05, 0) is 40.8 Å². The van der Waals surface area contributed by atoms with E-state index in [1.54, 1.807) is 18.2 Å². The van der Waals surface area contributed by atoms with Gasteiger partial charge in [-0.3, -0.25) is 0 Å². The standard InChI is InChI=1S/C16H11IN2O3/c17-13-8-4-7-12(9-13)16(20)21-10-14-18-15(19-22-14)11-5-2-1-3-6-11/h1-9H,10H2. The second-order valence-electron chi connectivity index (χ2n) is 4.46. The summed E-state index contributed by atoms with van der Waals surface area (Å²) in [5, 5.41) is 3.87. The van der Waals surface area contributed by atoms with Crippen molar-refractivity contribution >= 4 is 28.6 Å². The smallest absolute Gasteiger partial charge is 0.338 e. The van der Waals surface area contributed by atoms with Crippen LogP contribution in [0.25, 0.3) is 11.4 Å². The molecule has 3 aromatic rings. The maximum absolute atomic E-state index is 11.9. The van der Waals surface area contributed by atoms with Crippen LogP contribution in [0.2, 0.25) is 0 Å². The second-order valence-corrected chi connectivity index (χ2v) is 5.71. The molecule has 110 valence electrons. The highest BCUT2D eigenvalue weighted by Gasteiger charge is 2.12. The number of rotatable bonds is 4. The topological polar surface area (TPSA) is 65.2 Å². The van der Waals surface area contributed by atoms with Crippen LogP contribution in [0.1, 0.15) is 16.2 Å². The molecule has 22 heavy (non-hydrogen) atoms. The zero-order chi connectivity index (χ0) is 15.4. The Labute approximate surface area is 140 Å². The summed E-state index contributed by atoms with van der Waals surface area (Å²) in [6.07, 6.45) is 0. The molecule has 0 saturated carbocycles. The average Bonchev–Trinajstić information content (AvgIpc) is 3.02. The van der Waals surface area contributed by atoms with Crippen LogP contribution in [-0.2, 0) is 11.3 Å². The first kappa shape index (κ1) is 14.7. The lowest BCUT2D eigenvalue weighted by Gasteiger charge is -2.01. The van der Waals surface area contributed by atoms with Gasteiger partial charge in [0.05, 0.1) is 5.56 Å². The third-order valence-electron chi connectivity index (χ3n) is 2.89. The first-order valence-corrected chi connectivity index (χ1v) is 7.61. The minimum absolute atomic E-state index is 0.0514. The quantitative estimate of drug-likeness (QED) is 0.489. The molecule has 0 radical (unpaired) electrons. The molecule has 0 aliphatic heterocycles. The molecule has 1 aromatic heterocycles. The van der Waals surface area contributed by atoms with Crippen molar-refractivity contribution in [1.29, 1.82) is 0 Å². The van der Waals surface area contributed by atoms with Crippen molar-refractivity contribution in [2.75, 3.05) is 0 Å². The highest BCUT2D eigenvalue weighted by Crippen LogP contribution is 2.15. The molecular weight excluding hydrogens is 395 g/mol. The molecule has 0 aliphatic rings. The van der Waals surface area contributed by atoms with Crippen molar-refractivity contribution in [3.05, 3.63) is 69.6 Å². The highest BCUT2D eigenvalue weighted by molar-refractivity contribution is 14.1. The fourth-order valence-electron chi connectivity index (χ4n) is 1.84. The summed E-state index contributed by atoms with van der Waals surface area (Å²) >= 11 is 2.14. The SMILES string of the molecule is O=C(OCc1nc(-c2ccccc2)no1)c1cccc(I)c1.